The lowest BCUT2D eigenvalue weighted by molar-refractivity contribution is 0.149. The highest BCUT2D eigenvalue weighted by atomic mass is 16.5. The van der Waals surface area contributed by atoms with Gasteiger partial charge in [-0.05, 0) is 13.0 Å². The molecule has 1 heterocycles. The van der Waals surface area contributed by atoms with Crippen LogP contribution in [0.25, 0.3) is 0 Å². The molecule has 18 heavy (non-hydrogen) atoms. The summed E-state index contributed by atoms with van der Waals surface area (Å²) >= 11 is 0. The molecule has 2 aromatic rings. The van der Waals surface area contributed by atoms with Crippen LogP contribution in [0.15, 0.2) is 28.8 Å². The number of hydrogen-bond acceptors (Lipinski definition) is 5. The molecule has 1 aromatic heterocycles. The lowest BCUT2D eigenvalue weighted by Crippen LogP contribution is -1.99. The largest absolute Gasteiger partial charge is 0.508 e. The molecule has 1 aromatic carbocycles. The van der Waals surface area contributed by atoms with Gasteiger partial charge in [0.05, 0.1) is 13.0 Å². The lowest BCUT2D eigenvalue weighted by atomic mass is 10.1. The summed E-state index contributed by atoms with van der Waals surface area (Å²) in [4.78, 5) is 4.25. The van der Waals surface area contributed by atoms with E-state index in [0.717, 1.165) is 5.56 Å². The standard InChI is InChI=1S/C13H16N2O3/c1-2-17-8-7-12-14-13(18-15-12)9-10-5-3-4-6-11(10)16/h3-6,16H,2,7-9H2,1H3. The minimum absolute atomic E-state index is 0.242. The number of aromatic hydroxyl groups is 1. The van der Waals surface area contributed by atoms with E-state index in [-0.39, 0.29) is 5.75 Å². The Labute approximate surface area is 105 Å². The van der Waals surface area contributed by atoms with Crippen LogP contribution in [-0.2, 0) is 17.6 Å². The van der Waals surface area contributed by atoms with Gasteiger partial charge in [-0.1, -0.05) is 23.4 Å². The van der Waals surface area contributed by atoms with Gasteiger partial charge in [0.2, 0.25) is 5.89 Å². The molecule has 0 radical (unpaired) electrons. The molecule has 0 amide bonds. The van der Waals surface area contributed by atoms with Crippen molar-refractivity contribution in [1.82, 2.24) is 10.1 Å². The second kappa shape index (κ2) is 6.16. The van der Waals surface area contributed by atoms with E-state index in [4.69, 9.17) is 9.26 Å². The van der Waals surface area contributed by atoms with Crippen molar-refractivity contribution in [2.24, 2.45) is 0 Å². The average molecular weight is 248 g/mol. The van der Waals surface area contributed by atoms with Gasteiger partial charge in [0.25, 0.3) is 0 Å². The van der Waals surface area contributed by atoms with Crippen LogP contribution in [0.5, 0.6) is 5.75 Å². The zero-order chi connectivity index (χ0) is 12.8. The van der Waals surface area contributed by atoms with Crippen LogP contribution in [0.2, 0.25) is 0 Å². The van der Waals surface area contributed by atoms with Crippen molar-refractivity contribution in [2.45, 2.75) is 19.8 Å². The van der Waals surface area contributed by atoms with Gasteiger partial charge in [0.1, 0.15) is 5.75 Å². The molecule has 0 unspecified atom stereocenters. The normalized spacial score (nSPS) is 10.7. The van der Waals surface area contributed by atoms with E-state index in [1.54, 1.807) is 12.1 Å². The summed E-state index contributed by atoms with van der Waals surface area (Å²) < 4.78 is 10.3. The van der Waals surface area contributed by atoms with Gasteiger partial charge in [0.15, 0.2) is 5.82 Å². The predicted molar refractivity (Wildman–Crippen MR) is 65.4 cm³/mol. The van der Waals surface area contributed by atoms with E-state index in [0.29, 0.717) is 37.8 Å². The number of aromatic nitrogens is 2. The number of para-hydroxylation sites is 1. The number of phenols is 1. The Morgan fingerprint density at radius 2 is 2.17 bits per heavy atom. The average Bonchev–Trinajstić information content (AvgIpc) is 2.80. The lowest BCUT2D eigenvalue weighted by Gasteiger charge is -1.99. The molecule has 0 fully saturated rings. The highest BCUT2D eigenvalue weighted by molar-refractivity contribution is 5.33. The molecule has 0 saturated heterocycles. The van der Waals surface area contributed by atoms with E-state index >= 15 is 0 Å². The molecular weight excluding hydrogens is 232 g/mol. The number of benzene rings is 1. The van der Waals surface area contributed by atoms with Crippen LogP contribution in [0.1, 0.15) is 24.2 Å². The molecule has 0 atom stereocenters. The fraction of sp³-hybridized carbons (Fsp3) is 0.385. The summed E-state index contributed by atoms with van der Waals surface area (Å²) in [6.07, 6.45) is 1.08. The van der Waals surface area contributed by atoms with Gasteiger partial charge in [0, 0.05) is 18.6 Å². The first-order valence-corrected chi connectivity index (χ1v) is 5.95. The molecule has 0 aliphatic rings. The Kier molecular flexibility index (Phi) is 4.30. The topological polar surface area (TPSA) is 68.4 Å². The van der Waals surface area contributed by atoms with Crippen molar-refractivity contribution in [3.63, 3.8) is 0 Å². The quantitative estimate of drug-likeness (QED) is 0.791. The second-order valence-electron chi connectivity index (χ2n) is 3.86. The molecule has 0 saturated carbocycles. The highest BCUT2D eigenvalue weighted by Gasteiger charge is 2.09. The fourth-order valence-electron chi connectivity index (χ4n) is 1.59. The minimum atomic E-state index is 0.242. The summed E-state index contributed by atoms with van der Waals surface area (Å²) in [5, 5.41) is 13.5. The smallest absolute Gasteiger partial charge is 0.231 e. The van der Waals surface area contributed by atoms with Gasteiger partial charge < -0.3 is 14.4 Å². The number of rotatable bonds is 6. The van der Waals surface area contributed by atoms with Gasteiger partial charge in [-0.25, -0.2) is 0 Å². The number of nitrogens with zero attached hydrogens (tertiary/aromatic N) is 2. The van der Waals surface area contributed by atoms with Crippen LogP contribution in [-0.4, -0.2) is 28.5 Å². The third-order valence-corrected chi connectivity index (χ3v) is 2.52. The molecule has 1 N–H and O–H groups in total. The van der Waals surface area contributed by atoms with Gasteiger partial charge in [-0.3, -0.25) is 0 Å². The van der Waals surface area contributed by atoms with Crippen LogP contribution in [0, 0.1) is 0 Å². The Morgan fingerprint density at radius 1 is 1.33 bits per heavy atom. The van der Waals surface area contributed by atoms with Crippen LogP contribution >= 0.6 is 0 Å². The Balaban J connectivity index is 1.96. The third-order valence-electron chi connectivity index (χ3n) is 2.52. The Morgan fingerprint density at radius 3 is 2.94 bits per heavy atom. The Hall–Kier alpha value is -1.88. The third kappa shape index (κ3) is 3.30. The van der Waals surface area contributed by atoms with Crippen molar-refractivity contribution in [3.05, 3.63) is 41.5 Å². The first kappa shape index (κ1) is 12.6. The fourth-order valence-corrected chi connectivity index (χ4v) is 1.59. The summed E-state index contributed by atoms with van der Waals surface area (Å²) in [5.41, 5.74) is 0.775. The molecule has 0 aliphatic carbocycles. The molecular formula is C13H16N2O3. The number of phenolic OH excluding ortho intramolecular Hbond substituents is 1. The second-order valence-corrected chi connectivity index (χ2v) is 3.86. The maximum atomic E-state index is 9.64. The van der Waals surface area contributed by atoms with E-state index in [2.05, 4.69) is 10.1 Å². The summed E-state index contributed by atoms with van der Waals surface area (Å²) in [7, 11) is 0. The highest BCUT2D eigenvalue weighted by Crippen LogP contribution is 2.18. The monoisotopic (exact) mass is 248 g/mol. The molecule has 0 spiro atoms. The van der Waals surface area contributed by atoms with Crippen molar-refractivity contribution in [3.8, 4) is 5.75 Å². The first-order chi connectivity index (χ1) is 8.79. The van der Waals surface area contributed by atoms with Crippen LogP contribution in [0.3, 0.4) is 0 Å². The van der Waals surface area contributed by atoms with E-state index < -0.39 is 0 Å². The van der Waals surface area contributed by atoms with Crippen LogP contribution < -0.4 is 0 Å². The van der Waals surface area contributed by atoms with Crippen molar-refractivity contribution in [1.29, 1.82) is 0 Å². The molecule has 0 bridgehead atoms. The zero-order valence-corrected chi connectivity index (χ0v) is 10.3. The van der Waals surface area contributed by atoms with E-state index in [1.807, 2.05) is 19.1 Å². The molecule has 0 aliphatic heterocycles. The Bertz CT molecular complexity index is 496. The SMILES string of the molecule is CCOCCc1noc(Cc2ccccc2O)n1. The van der Waals surface area contributed by atoms with E-state index in [9.17, 15) is 5.11 Å². The zero-order valence-electron chi connectivity index (χ0n) is 10.3. The maximum Gasteiger partial charge on any atom is 0.231 e. The summed E-state index contributed by atoms with van der Waals surface area (Å²) in [6, 6.07) is 7.11. The van der Waals surface area contributed by atoms with Crippen molar-refractivity contribution >= 4 is 0 Å². The molecule has 5 nitrogen and oxygen atoms in total. The number of hydrogen-bond donors (Lipinski definition) is 1. The summed E-state index contributed by atoms with van der Waals surface area (Å²) in [6.45, 7) is 3.22. The summed E-state index contributed by atoms with van der Waals surface area (Å²) in [5.74, 6) is 1.38. The van der Waals surface area contributed by atoms with Crippen molar-refractivity contribution < 1.29 is 14.4 Å². The van der Waals surface area contributed by atoms with Gasteiger partial charge >= 0.3 is 0 Å². The first-order valence-electron chi connectivity index (χ1n) is 5.95. The van der Waals surface area contributed by atoms with Gasteiger partial charge in [-0.2, -0.15) is 4.98 Å². The molecule has 2 rings (SSSR count). The van der Waals surface area contributed by atoms with Crippen molar-refractivity contribution in [2.75, 3.05) is 13.2 Å². The van der Waals surface area contributed by atoms with Gasteiger partial charge in [-0.15, -0.1) is 0 Å². The molecule has 96 valence electrons. The van der Waals surface area contributed by atoms with Crippen LogP contribution in [0.4, 0.5) is 0 Å². The number of ether oxygens (including phenoxy) is 1. The molecule has 5 heteroatoms. The minimum Gasteiger partial charge on any atom is -0.508 e. The predicted octanol–water partition coefficient (Wildman–Crippen LogP) is 1.94. The van der Waals surface area contributed by atoms with E-state index in [1.165, 1.54) is 0 Å². The maximum absolute atomic E-state index is 9.64.